The van der Waals surface area contributed by atoms with Crippen LogP contribution in [0.4, 0.5) is 0 Å². The van der Waals surface area contributed by atoms with Crippen molar-refractivity contribution < 1.29 is 24.2 Å². The number of fused-ring (bicyclic) bond motifs is 1. The molecule has 3 heterocycles. The van der Waals surface area contributed by atoms with E-state index in [0.29, 0.717) is 10.7 Å². The zero-order chi connectivity index (χ0) is 22.1. The van der Waals surface area contributed by atoms with Gasteiger partial charge in [0.2, 0.25) is 11.1 Å². The Morgan fingerprint density at radius 3 is 2.83 bits per heavy atom. The molecule has 1 aromatic rings. The molecule has 3 rings (SSSR count). The van der Waals surface area contributed by atoms with Crippen molar-refractivity contribution in [1.29, 1.82) is 5.26 Å². The summed E-state index contributed by atoms with van der Waals surface area (Å²) in [6.45, 7) is 1.79. The first-order valence-electron chi connectivity index (χ1n) is 8.42. The highest BCUT2D eigenvalue weighted by atomic mass is 32.2. The maximum Gasteiger partial charge on any atom is 0.352 e. The van der Waals surface area contributed by atoms with Crippen LogP contribution < -0.4 is 5.32 Å². The minimum absolute atomic E-state index is 0.153. The number of nitriles is 1. The summed E-state index contributed by atoms with van der Waals surface area (Å²) < 4.78 is 5.36. The minimum atomic E-state index is -1.73. The third-order valence-corrected chi connectivity index (χ3v) is 7.75. The van der Waals surface area contributed by atoms with Crippen molar-refractivity contribution in [3.05, 3.63) is 11.3 Å². The molecule has 3 N–H and O–H groups in total. The molecule has 160 valence electrons. The number of hydrogen-bond donors (Lipinski definition) is 3. The van der Waals surface area contributed by atoms with E-state index >= 15 is 0 Å². The number of carbonyl (C=O) groups is 3. The molecule has 2 aliphatic heterocycles. The van der Waals surface area contributed by atoms with Crippen LogP contribution in [0.2, 0.25) is 0 Å². The van der Waals surface area contributed by atoms with E-state index in [1.165, 1.54) is 30.6 Å². The second kappa shape index (κ2) is 8.84. The van der Waals surface area contributed by atoms with Crippen molar-refractivity contribution in [2.75, 3.05) is 19.1 Å². The lowest BCUT2D eigenvalue weighted by Crippen LogP contribution is -2.81. The number of aromatic amines is 1. The Kier molecular flexibility index (Phi) is 6.60. The number of methoxy groups -OCH3 is 1. The molecule has 12 nitrogen and oxygen atoms in total. The summed E-state index contributed by atoms with van der Waals surface area (Å²) in [6.07, 6.45) is 1.60. The predicted molar refractivity (Wildman–Crippen MR) is 108 cm³/mol. The summed E-state index contributed by atoms with van der Waals surface area (Å²) in [4.78, 5) is 38.6. The Labute approximate surface area is 183 Å². The molecule has 2 amide bonds. The molecule has 0 bridgehead atoms. The van der Waals surface area contributed by atoms with Gasteiger partial charge in [0.15, 0.2) is 5.25 Å². The van der Waals surface area contributed by atoms with Gasteiger partial charge in [-0.3, -0.25) is 14.5 Å². The van der Waals surface area contributed by atoms with Crippen LogP contribution in [0.3, 0.4) is 0 Å². The average Bonchev–Trinajstić information content (AvgIpc) is 3.24. The van der Waals surface area contributed by atoms with E-state index in [1.807, 2.05) is 6.07 Å². The molecule has 2 aliphatic rings. The Hall–Kier alpha value is -2.28. The Bertz CT molecular complexity index is 934. The molecule has 15 heteroatoms. The SMILES string of the molecule is CO[C@@]1(NC(=O)C(C#N)SC)C(=O)N2C(C(=O)O)=C(C(C)Sc3nnn[nH]3)CS[C@H]21. The summed E-state index contributed by atoms with van der Waals surface area (Å²) in [5, 5.41) is 33.0. The number of carbonyl (C=O) groups excluding carboxylic acids is 2. The number of H-pyrrole nitrogens is 1. The third-order valence-electron chi connectivity index (χ3n) is 4.59. The molecule has 30 heavy (non-hydrogen) atoms. The van der Waals surface area contributed by atoms with Crippen molar-refractivity contribution in [1.82, 2.24) is 30.8 Å². The Morgan fingerprint density at radius 1 is 1.57 bits per heavy atom. The fourth-order valence-electron chi connectivity index (χ4n) is 3.12. The Balaban J connectivity index is 1.89. The van der Waals surface area contributed by atoms with Gasteiger partial charge < -0.3 is 15.2 Å². The number of β-lactam (4-membered cyclic amide) rings is 1. The van der Waals surface area contributed by atoms with Gasteiger partial charge in [0.1, 0.15) is 11.1 Å². The van der Waals surface area contributed by atoms with Crippen LogP contribution >= 0.6 is 35.3 Å². The lowest BCUT2D eigenvalue weighted by Gasteiger charge is -2.56. The molecule has 1 fully saturated rings. The van der Waals surface area contributed by atoms with E-state index in [1.54, 1.807) is 13.2 Å². The quantitative estimate of drug-likeness (QED) is 0.256. The largest absolute Gasteiger partial charge is 0.477 e. The normalized spacial score (nSPS) is 25.1. The van der Waals surface area contributed by atoms with Crippen molar-refractivity contribution in [2.45, 2.75) is 33.7 Å². The second-order valence-corrected chi connectivity index (χ2v) is 9.50. The second-order valence-electron chi connectivity index (χ2n) is 6.16. The molecular formula is C15H17N7O5S3. The van der Waals surface area contributed by atoms with Crippen LogP contribution in [0.5, 0.6) is 0 Å². The van der Waals surface area contributed by atoms with Crippen molar-refractivity contribution >= 4 is 53.1 Å². The first kappa shape index (κ1) is 22.4. The highest BCUT2D eigenvalue weighted by Gasteiger charge is 2.67. The topological polar surface area (TPSA) is 174 Å². The summed E-state index contributed by atoms with van der Waals surface area (Å²) >= 11 is 3.52. The number of amides is 2. The van der Waals surface area contributed by atoms with E-state index in [9.17, 15) is 19.5 Å². The van der Waals surface area contributed by atoms with Crippen LogP contribution in [0, 0.1) is 11.3 Å². The fourth-order valence-corrected chi connectivity index (χ4v) is 6.02. The predicted octanol–water partition coefficient (Wildman–Crippen LogP) is -0.352. The van der Waals surface area contributed by atoms with E-state index in [4.69, 9.17) is 10.00 Å². The van der Waals surface area contributed by atoms with Crippen LogP contribution in [0.1, 0.15) is 6.92 Å². The number of nitrogens with one attached hydrogen (secondary N) is 2. The van der Waals surface area contributed by atoms with Gasteiger partial charge in [-0.05, 0) is 29.2 Å². The van der Waals surface area contributed by atoms with Gasteiger partial charge in [-0.25, -0.2) is 9.89 Å². The van der Waals surface area contributed by atoms with Crippen LogP contribution in [0.25, 0.3) is 0 Å². The molecule has 0 radical (unpaired) electrons. The first-order valence-corrected chi connectivity index (χ1v) is 11.6. The number of thioether (sulfide) groups is 3. The number of hydrogen-bond acceptors (Lipinski definition) is 11. The van der Waals surface area contributed by atoms with Gasteiger partial charge in [0, 0.05) is 18.1 Å². The highest BCUT2D eigenvalue weighted by Crippen LogP contribution is 2.48. The maximum atomic E-state index is 13.0. The molecule has 1 aromatic heterocycles. The number of ether oxygens (including phenoxy) is 1. The average molecular weight is 472 g/mol. The van der Waals surface area contributed by atoms with E-state index in [0.717, 1.165) is 16.7 Å². The lowest BCUT2D eigenvalue weighted by molar-refractivity contribution is -0.192. The van der Waals surface area contributed by atoms with Gasteiger partial charge >= 0.3 is 5.97 Å². The van der Waals surface area contributed by atoms with Crippen molar-refractivity contribution in [2.24, 2.45) is 0 Å². The van der Waals surface area contributed by atoms with Gasteiger partial charge in [-0.1, -0.05) is 11.8 Å². The summed E-state index contributed by atoms with van der Waals surface area (Å²) in [5.74, 6) is -2.35. The molecule has 2 unspecified atom stereocenters. The lowest BCUT2D eigenvalue weighted by atomic mass is 9.97. The van der Waals surface area contributed by atoms with E-state index < -0.39 is 34.1 Å². The zero-order valence-corrected chi connectivity index (χ0v) is 18.4. The number of carboxylic acid groups (broad SMARTS) is 1. The van der Waals surface area contributed by atoms with E-state index in [-0.39, 0.29) is 16.7 Å². The van der Waals surface area contributed by atoms with Crippen LogP contribution in [0.15, 0.2) is 16.4 Å². The zero-order valence-electron chi connectivity index (χ0n) is 16.0. The molecule has 0 saturated carbocycles. The van der Waals surface area contributed by atoms with Gasteiger partial charge in [-0.2, -0.15) is 5.26 Å². The molecule has 4 atom stereocenters. The number of rotatable bonds is 8. The highest BCUT2D eigenvalue weighted by molar-refractivity contribution is 8.01. The molecular weight excluding hydrogens is 454 g/mol. The number of tetrazole rings is 1. The Morgan fingerprint density at radius 2 is 2.30 bits per heavy atom. The smallest absolute Gasteiger partial charge is 0.352 e. The van der Waals surface area contributed by atoms with Crippen LogP contribution in [-0.2, 0) is 19.1 Å². The third kappa shape index (κ3) is 3.64. The summed E-state index contributed by atoms with van der Waals surface area (Å²) in [7, 11) is 1.26. The number of carboxylic acids is 1. The fraction of sp³-hybridized carbons (Fsp3) is 0.533. The monoisotopic (exact) mass is 471 g/mol. The summed E-state index contributed by atoms with van der Waals surface area (Å²) in [5.41, 5.74) is -1.36. The van der Waals surface area contributed by atoms with Gasteiger partial charge in [-0.15, -0.1) is 28.6 Å². The number of aliphatic carboxylic acids is 1. The van der Waals surface area contributed by atoms with Crippen molar-refractivity contribution in [3.8, 4) is 6.07 Å². The minimum Gasteiger partial charge on any atom is -0.477 e. The molecule has 1 saturated heterocycles. The number of nitrogens with zero attached hydrogens (tertiary/aromatic N) is 5. The van der Waals surface area contributed by atoms with Gasteiger partial charge in [0.05, 0.1) is 6.07 Å². The summed E-state index contributed by atoms with van der Waals surface area (Å²) in [6, 6.07) is 1.84. The first-order chi connectivity index (χ1) is 14.3. The standard InChI is InChI=1S/C15H17N7O5S3/c1-6(30-14-18-20-21-19-14)7-5-29-13-15(27-2,17-10(23)8(4-16)28-3)12(26)22(13)9(7)11(24)25/h6,8,13H,5H2,1-3H3,(H,17,23)(H,24,25)(H,18,19,20,21)/t6?,8?,13-,15-/m0/s1. The van der Waals surface area contributed by atoms with E-state index in [2.05, 4.69) is 25.9 Å². The molecule has 0 aliphatic carbocycles. The molecule has 0 aromatic carbocycles. The van der Waals surface area contributed by atoms with Crippen molar-refractivity contribution in [3.63, 3.8) is 0 Å². The maximum absolute atomic E-state index is 13.0. The molecule has 0 spiro atoms. The van der Waals surface area contributed by atoms with Crippen LogP contribution in [-0.4, -0.2) is 89.1 Å². The van der Waals surface area contributed by atoms with Gasteiger partial charge in [0.25, 0.3) is 11.6 Å². The number of aromatic nitrogens is 4.